The highest BCUT2D eigenvalue weighted by Crippen LogP contribution is 2.38. The standard InChI is InChI=1S/C13H22N2O2/c1-9(2)11-12(17)14-8-10(16)15(11)13(3)6-4-5-7-13/h9,11H,4-8H2,1-3H3,(H,14,17). The van der Waals surface area contributed by atoms with Crippen LogP contribution in [-0.4, -0.2) is 34.8 Å². The smallest absolute Gasteiger partial charge is 0.243 e. The molecule has 0 spiro atoms. The van der Waals surface area contributed by atoms with Crippen molar-refractivity contribution in [3.05, 3.63) is 0 Å². The maximum Gasteiger partial charge on any atom is 0.243 e. The SMILES string of the molecule is CC(C)C1C(=O)NCC(=O)N1C1(C)CCCC1. The van der Waals surface area contributed by atoms with Crippen LogP contribution in [0.4, 0.5) is 0 Å². The third kappa shape index (κ3) is 2.05. The third-order valence-electron chi connectivity index (χ3n) is 4.12. The van der Waals surface area contributed by atoms with Gasteiger partial charge in [-0.25, -0.2) is 0 Å². The summed E-state index contributed by atoms with van der Waals surface area (Å²) in [6.07, 6.45) is 4.36. The number of amides is 2. The van der Waals surface area contributed by atoms with E-state index in [1.807, 2.05) is 18.7 Å². The van der Waals surface area contributed by atoms with Gasteiger partial charge in [-0.3, -0.25) is 9.59 Å². The Bertz CT molecular complexity index is 332. The fourth-order valence-electron chi connectivity index (χ4n) is 3.24. The number of piperazine rings is 1. The lowest BCUT2D eigenvalue weighted by molar-refractivity contribution is -0.154. The van der Waals surface area contributed by atoms with E-state index in [1.165, 1.54) is 0 Å². The van der Waals surface area contributed by atoms with E-state index in [0.29, 0.717) is 0 Å². The molecule has 2 rings (SSSR count). The molecule has 0 bridgehead atoms. The average Bonchev–Trinajstić information content (AvgIpc) is 2.68. The Kier molecular flexibility index (Phi) is 3.15. The Morgan fingerprint density at radius 3 is 2.41 bits per heavy atom. The van der Waals surface area contributed by atoms with Crippen molar-refractivity contribution in [1.29, 1.82) is 0 Å². The zero-order chi connectivity index (χ0) is 12.6. The lowest BCUT2D eigenvalue weighted by Gasteiger charge is -2.47. The normalized spacial score (nSPS) is 28.7. The summed E-state index contributed by atoms with van der Waals surface area (Å²) in [6.45, 7) is 6.31. The number of rotatable bonds is 2. The Morgan fingerprint density at radius 2 is 1.88 bits per heavy atom. The van der Waals surface area contributed by atoms with E-state index in [1.54, 1.807) is 0 Å². The van der Waals surface area contributed by atoms with Gasteiger partial charge in [-0.05, 0) is 25.7 Å². The van der Waals surface area contributed by atoms with Crippen LogP contribution in [0.15, 0.2) is 0 Å². The highest BCUT2D eigenvalue weighted by atomic mass is 16.2. The number of hydrogen-bond donors (Lipinski definition) is 1. The van der Waals surface area contributed by atoms with Crippen molar-refractivity contribution in [1.82, 2.24) is 10.2 Å². The molecular weight excluding hydrogens is 216 g/mol. The molecule has 2 fully saturated rings. The minimum atomic E-state index is -0.292. The Hall–Kier alpha value is -1.06. The van der Waals surface area contributed by atoms with E-state index in [2.05, 4.69) is 12.2 Å². The average molecular weight is 238 g/mol. The van der Waals surface area contributed by atoms with Crippen LogP contribution >= 0.6 is 0 Å². The Morgan fingerprint density at radius 1 is 1.29 bits per heavy atom. The monoisotopic (exact) mass is 238 g/mol. The number of carbonyl (C=O) groups is 2. The summed E-state index contributed by atoms with van der Waals surface area (Å²) in [6, 6.07) is -0.292. The summed E-state index contributed by atoms with van der Waals surface area (Å²) in [5, 5.41) is 2.70. The van der Waals surface area contributed by atoms with Crippen molar-refractivity contribution in [3.8, 4) is 0 Å². The molecule has 0 aromatic heterocycles. The summed E-state index contributed by atoms with van der Waals surface area (Å²) in [4.78, 5) is 26.0. The molecule has 2 amide bonds. The molecule has 1 atom stereocenters. The Labute approximate surface area is 103 Å². The number of nitrogens with one attached hydrogen (secondary N) is 1. The van der Waals surface area contributed by atoms with E-state index < -0.39 is 0 Å². The first-order chi connectivity index (χ1) is 7.96. The summed E-state index contributed by atoms with van der Waals surface area (Å²) < 4.78 is 0. The van der Waals surface area contributed by atoms with Gasteiger partial charge in [0.15, 0.2) is 0 Å². The van der Waals surface area contributed by atoms with Crippen LogP contribution in [0.3, 0.4) is 0 Å². The van der Waals surface area contributed by atoms with E-state index >= 15 is 0 Å². The van der Waals surface area contributed by atoms with Crippen LogP contribution in [0, 0.1) is 5.92 Å². The van der Waals surface area contributed by atoms with Gasteiger partial charge in [0.25, 0.3) is 0 Å². The zero-order valence-electron chi connectivity index (χ0n) is 11.0. The van der Waals surface area contributed by atoms with Gasteiger partial charge in [-0.2, -0.15) is 0 Å². The van der Waals surface area contributed by atoms with Gasteiger partial charge in [-0.1, -0.05) is 26.7 Å². The van der Waals surface area contributed by atoms with Crippen LogP contribution in [-0.2, 0) is 9.59 Å². The maximum atomic E-state index is 12.2. The van der Waals surface area contributed by atoms with Gasteiger partial charge in [0.2, 0.25) is 11.8 Å². The highest BCUT2D eigenvalue weighted by molar-refractivity contribution is 5.95. The van der Waals surface area contributed by atoms with Gasteiger partial charge in [0, 0.05) is 5.54 Å². The summed E-state index contributed by atoms with van der Waals surface area (Å²) >= 11 is 0. The summed E-state index contributed by atoms with van der Waals surface area (Å²) in [5.74, 6) is 0.247. The molecule has 0 aromatic carbocycles. The van der Waals surface area contributed by atoms with Crippen LogP contribution in [0.25, 0.3) is 0 Å². The molecule has 1 aliphatic carbocycles. The van der Waals surface area contributed by atoms with Gasteiger partial charge >= 0.3 is 0 Å². The zero-order valence-corrected chi connectivity index (χ0v) is 11.0. The maximum absolute atomic E-state index is 12.2. The van der Waals surface area contributed by atoms with Crippen LogP contribution in [0.5, 0.6) is 0 Å². The minimum Gasteiger partial charge on any atom is -0.345 e. The molecule has 4 nitrogen and oxygen atoms in total. The van der Waals surface area contributed by atoms with Crippen molar-refractivity contribution >= 4 is 11.8 Å². The molecule has 96 valence electrons. The summed E-state index contributed by atoms with van der Waals surface area (Å²) in [5.41, 5.74) is -0.107. The van der Waals surface area contributed by atoms with Gasteiger partial charge < -0.3 is 10.2 Å². The van der Waals surface area contributed by atoms with Gasteiger partial charge in [0.05, 0.1) is 6.54 Å². The van der Waals surface area contributed by atoms with Crippen LogP contribution in [0.2, 0.25) is 0 Å². The first-order valence-electron chi connectivity index (χ1n) is 6.55. The second-order valence-electron chi connectivity index (χ2n) is 5.87. The first kappa shape index (κ1) is 12.4. The van der Waals surface area contributed by atoms with E-state index in [0.717, 1.165) is 25.7 Å². The molecule has 1 unspecified atom stereocenters. The molecule has 1 heterocycles. The topological polar surface area (TPSA) is 49.4 Å². The van der Waals surface area contributed by atoms with Crippen molar-refractivity contribution in [2.45, 2.75) is 58.0 Å². The molecule has 1 saturated carbocycles. The molecule has 2 aliphatic rings. The lowest BCUT2D eigenvalue weighted by atomic mass is 9.89. The minimum absolute atomic E-state index is 0.00715. The van der Waals surface area contributed by atoms with Gasteiger partial charge in [0.1, 0.15) is 6.04 Å². The molecule has 17 heavy (non-hydrogen) atoms. The van der Waals surface area contributed by atoms with Crippen LogP contribution in [0.1, 0.15) is 46.5 Å². The van der Waals surface area contributed by atoms with Crippen molar-refractivity contribution in [2.75, 3.05) is 6.54 Å². The fraction of sp³-hybridized carbons (Fsp3) is 0.846. The predicted molar refractivity (Wildman–Crippen MR) is 65.4 cm³/mol. The van der Waals surface area contributed by atoms with E-state index in [9.17, 15) is 9.59 Å². The fourth-order valence-corrected chi connectivity index (χ4v) is 3.24. The molecule has 0 radical (unpaired) electrons. The van der Waals surface area contributed by atoms with Crippen LogP contribution < -0.4 is 5.32 Å². The lowest BCUT2D eigenvalue weighted by Crippen LogP contribution is -2.66. The van der Waals surface area contributed by atoms with Crippen molar-refractivity contribution in [2.24, 2.45) is 5.92 Å². The molecule has 0 aromatic rings. The number of carbonyl (C=O) groups excluding carboxylic acids is 2. The Balaban J connectivity index is 2.31. The number of hydrogen-bond acceptors (Lipinski definition) is 2. The second-order valence-corrected chi connectivity index (χ2v) is 5.87. The molecule has 1 saturated heterocycles. The summed E-state index contributed by atoms with van der Waals surface area (Å²) in [7, 11) is 0. The first-order valence-corrected chi connectivity index (χ1v) is 6.55. The number of nitrogens with zero attached hydrogens (tertiary/aromatic N) is 1. The highest BCUT2D eigenvalue weighted by Gasteiger charge is 2.47. The van der Waals surface area contributed by atoms with Crippen molar-refractivity contribution < 1.29 is 9.59 Å². The quantitative estimate of drug-likeness (QED) is 0.788. The van der Waals surface area contributed by atoms with Gasteiger partial charge in [-0.15, -0.1) is 0 Å². The second kappa shape index (κ2) is 4.31. The molecular formula is C13H22N2O2. The predicted octanol–water partition coefficient (Wildman–Crippen LogP) is 1.30. The molecule has 1 aliphatic heterocycles. The largest absolute Gasteiger partial charge is 0.345 e. The molecule has 4 heteroatoms. The molecule has 1 N–H and O–H groups in total. The van der Waals surface area contributed by atoms with E-state index in [4.69, 9.17) is 0 Å². The third-order valence-corrected chi connectivity index (χ3v) is 4.12. The van der Waals surface area contributed by atoms with E-state index in [-0.39, 0.29) is 35.9 Å². The van der Waals surface area contributed by atoms with Crippen molar-refractivity contribution in [3.63, 3.8) is 0 Å².